The van der Waals surface area contributed by atoms with E-state index in [-0.39, 0.29) is 5.91 Å². The van der Waals surface area contributed by atoms with Gasteiger partial charge in [-0.3, -0.25) is 4.79 Å². The summed E-state index contributed by atoms with van der Waals surface area (Å²) in [6, 6.07) is 8.24. The van der Waals surface area contributed by atoms with Gasteiger partial charge in [-0.05, 0) is 48.8 Å². The van der Waals surface area contributed by atoms with E-state index in [2.05, 4.69) is 12.1 Å². The van der Waals surface area contributed by atoms with Crippen molar-refractivity contribution in [3.63, 3.8) is 0 Å². The van der Waals surface area contributed by atoms with Gasteiger partial charge in [-0.1, -0.05) is 12.1 Å². The van der Waals surface area contributed by atoms with Crippen LogP contribution in [0.25, 0.3) is 0 Å². The molecule has 1 aromatic carbocycles. The molecule has 0 radical (unpaired) electrons. The van der Waals surface area contributed by atoms with E-state index in [1.807, 2.05) is 17.0 Å². The lowest BCUT2D eigenvalue weighted by atomic mass is 9.76. The maximum absolute atomic E-state index is 11.4. The first kappa shape index (κ1) is 15.3. The van der Waals surface area contributed by atoms with E-state index in [4.69, 9.17) is 9.47 Å². The first-order chi connectivity index (χ1) is 10.6. The van der Waals surface area contributed by atoms with Crippen LogP contribution in [0.2, 0.25) is 0 Å². The molecule has 0 aromatic heterocycles. The highest BCUT2D eigenvalue weighted by Gasteiger charge is 2.42. The Balaban J connectivity index is 1.55. The van der Waals surface area contributed by atoms with Crippen LogP contribution in [0, 0.1) is 5.41 Å². The van der Waals surface area contributed by atoms with Gasteiger partial charge in [-0.15, -0.1) is 0 Å². The largest absolute Gasteiger partial charge is 0.497 e. The minimum absolute atomic E-state index is 0.198. The number of benzene rings is 1. The minimum atomic E-state index is 0.198. The van der Waals surface area contributed by atoms with Gasteiger partial charge in [0.1, 0.15) is 5.75 Å². The maximum atomic E-state index is 11.4. The Kier molecular flexibility index (Phi) is 4.39. The summed E-state index contributed by atoms with van der Waals surface area (Å²) in [4.78, 5) is 13.4. The molecule has 0 saturated carbocycles. The van der Waals surface area contributed by atoms with Crippen LogP contribution in [-0.4, -0.2) is 43.7 Å². The lowest BCUT2D eigenvalue weighted by Crippen LogP contribution is -2.42. The van der Waals surface area contributed by atoms with Crippen molar-refractivity contribution in [1.82, 2.24) is 4.90 Å². The SMILES string of the molecule is COc1ccc(C[C@@H]2CC3(CCN(C(C)=O)CC3)CO2)cc1. The summed E-state index contributed by atoms with van der Waals surface area (Å²) in [6.07, 6.45) is 4.53. The van der Waals surface area contributed by atoms with E-state index in [1.165, 1.54) is 5.56 Å². The normalized spacial score (nSPS) is 23.7. The molecule has 0 aliphatic carbocycles. The molecule has 1 spiro atoms. The van der Waals surface area contributed by atoms with E-state index < -0.39 is 0 Å². The molecule has 1 aromatic rings. The zero-order valence-corrected chi connectivity index (χ0v) is 13.5. The minimum Gasteiger partial charge on any atom is -0.497 e. The van der Waals surface area contributed by atoms with Gasteiger partial charge in [0.2, 0.25) is 5.91 Å². The molecular weight excluding hydrogens is 278 g/mol. The summed E-state index contributed by atoms with van der Waals surface area (Å²) >= 11 is 0. The lowest BCUT2D eigenvalue weighted by molar-refractivity contribution is -0.131. The van der Waals surface area contributed by atoms with E-state index in [0.29, 0.717) is 11.5 Å². The predicted octanol–water partition coefficient (Wildman–Crippen LogP) is 2.66. The van der Waals surface area contributed by atoms with Crippen LogP contribution < -0.4 is 4.74 Å². The third kappa shape index (κ3) is 3.27. The summed E-state index contributed by atoms with van der Waals surface area (Å²) in [5, 5.41) is 0. The molecule has 1 amide bonds. The standard InChI is InChI=1S/C18H25NO3/c1-14(20)19-9-7-18(8-10-19)12-17(22-13-18)11-15-3-5-16(21-2)6-4-15/h3-6,17H,7-13H2,1-2H3/t17-/m1/s1. The van der Waals surface area contributed by atoms with Crippen molar-refractivity contribution in [3.05, 3.63) is 29.8 Å². The number of ether oxygens (including phenoxy) is 2. The van der Waals surface area contributed by atoms with Crippen LogP contribution in [0.4, 0.5) is 0 Å². The van der Waals surface area contributed by atoms with Gasteiger partial charge in [-0.25, -0.2) is 0 Å². The second kappa shape index (κ2) is 6.29. The Morgan fingerprint density at radius 1 is 1.32 bits per heavy atom. The number of carbonyl (C=O) groups is 1. The molecule has 0 bridgehead atoms. The monoisotopic (exact) mass is 303 g/mol. The topological polar surface area (TPSA) is 38.8 Å². The number of hydrogen-bond acceptors (Lipinski definition) is 3. The quantitative estimate of drug-likeness (QED) is 0.861. The van der Waals surface area contributed by atoms with Crippen molar-refractivity contribution in [3.8, 4) is 5.75 Å². The van der Waals surface area contributed by atoms with E-state index in [1.54, 1.807) is 14.0 Å². The summed E-state index contributed by atoms with van der Waals surface area (Å²) in [7, 11) is 1.69. The smallest absolute Gasteiger partial charge is 0.219 e. The van der Waals surface area contributed by atoms with E-state index in [0.717, 1.165) is 51.1 Å². The Hall–Kier alpha value is -1.55. The second-order valence-electron chi connectivity index (χ2n) is 6.70. The van der Waals surface area contributed by atoms with Gasteiger partial charge in [0.05, 0.1) is 19.8 Å². The van der Waals surface area contributed by atoms with Crippen LogP contribution in [0.5, 0.6) is 5.75 Å². The molecule has 3 rings (SSSR count). The van der Waals surface area contributed by atoms with Gasteiger partial charge >= 0.3 is 0 Å². The van der Waals surface area contributed by atoms with Crippen LogP contribution in [0.3, 0.4) is 0 Å². The van der Waals surface area contributed by atoms with E-state index >= 15 is 0 Å². The highest BCUT2D eigenvalue weighted by molar-refractivity contribution is 5.73. The fraction of sp³-hybridized carbons (Fsp3) is 0.611. The molecule has 2 aliphatic rings. The molecule has 4 heteroatoms. The summed E-state index contributed by atoms with van der Waals surface area (Å²) in [5.41, 5.74) is 1.59. The number of nitrogens with zero attached hydrogens (tertiary/aromatic N) is 1. The maximum Gasteiger partial charge on any atom is 0.219 e. The number of piperidine rings is 1. The highest BCUT2D eigenvalue weighted by atomic mass is 16.5. The van der Waals surface area contributed by atoms with E-state index in [9.17, 15) is 4.79 Å². The van der Waals surface area contributed by atoms with Crippen LogP contribution >= 0.6 is 0 Å². The molecule has 0 unspecified atom stereocenters. The van der Waals surface area contributed by atoms with Gasteiger partial charge in [0, 0.05) is 20.0 Å². The fourth-order valence-corrected chi connectivity index (χ4v) is 3.70. The zero-order valence-electron chi connectivity index (χ0n) is 13.5. The first-order valence-corrected chi connectivity index (χ1v) is 8.10. The average molecular weight is 303 g/mol. The molecule has 2 saturated heterocycles. The Morgan fingerprint density at radius 3 is 2.59 bits per heavy atom. The fourth-order valence-electron chi connectivity index (χ4n) is 3.70. The van der Waals surface area contributed by atoms with Crippen molar-refractivity contribution in [2.24, 2.45) is 5.41 Å². The number of likely N-dealkylation sites (tertiary alicyclic amines) is 1. The third-order valence-corrected chi connectivity index (χ3v) is 5.18. The van der Waals surface area contributed by atoms with Crippen molar-refractivity contribution in [2.45, 2.75) is 38.7 Å². The summed E-state index contributed by atoms with van der Waals surface area (Å²) in [6.45, 7) is 4.27. The Morgan fingerprint density at radius 2 is 2.00 bits per heavy atom. The van der Waals surface area contributed by atoms with Gasteiger partial charge in [0.15, 0.2) is 0 Å². The van der Waals surface area contributed by atoms with Crippen molar-refractivity contribution in [2.75, 3.05) is 26.8 Å². The van der Waals surface area contributed by atoms with Gasteiger partial charge in [0.25, 0.3) is 0 Å². The average Bonchev–Trinajstić information content (AvgIpc) is 2.91. The summed E-state index contributed by atoms with van der Waals surface area (Å²) in [5.74, 6) is 1.09. The van der Waals surface area contributed by atoms with Crippen molar-refractivity contribution >= 4 is 5.91 Å². The highest BCUT2D eigenvalue weighted by Crippen LogP contribution is 2.42. The molecule has 2 aliphatic heterocycles. The third-order valence-electron chi connectivity index (χ3n) is 5.18. The van der Waals surface area contributed by atoms with Crippen LogP contribution in [-0.2, 0) is 16.0 Å². The number of hydrogen-bond donors (Lipinski definition) is 0. The molecule has 1 atom stereocenters. The first-order valence-electron chi connectivity index (χ1n) is 8.10. The van der Waals surface area contributed by atoms with Gasteiger partial charge < -0.3 is 14.4 Å². The second-order valence-corrected chi connectivity index (χ2v) is 6.70. The molecule has 4 nitrogen and oxygen atoms in total. The predicted molar refractivity (Wildman–Crippen MR) is 85.0 cm³/mol. The summed E-state index contributed by atoms with van der Waals surface area (Å²) < 4.78 is 11.3. The van der Waals surface area contributed by atoms with Crippen molar-refractivity contribution < 1.29 is 14.3 Å². The molecular formula is C18H25NO3. The lowest BCUT2D eigenvalue weighted by Gasteiger charge is -2.38. The molecule has 120 valence electrons. The zero-order chi connectivity index (χ0) is 15.6. The van der Waals surface area contributed by atoms with Crippen LogP contribution in [0.1, 0.15) is 31.7 Å². The Labute approximate surface area is 132 Å². The molecule has 0 N–H and O–H groups in total. The number of carbonyl (C=O) groups excluding carboxylic acids is 1. The van der Waals surface area contributed by atoms with Crippen LogP contribution in [0.15, 0.2) is 24.3 Å². The molecule has 2 fully saturated rings. The number of rotatable bonds is 3. The molecule has 2 heterocycles. The van der Waals surface area contributed by atoms with Gasteiger partial charge in [-0.2, -0.15) is 0 Å². The number of amides is 1. The van der Waals surface area contributed by atoms with Crippen molar-refractivity contribution in [1.29, 1.82) is 0 Å². The number of methoxy groups -OCH3 is 1. The molecule has 22 heavy (non-hydrogen) atoms. The Bertz CT molecular complexity index is 518.